The zero-order chi connectivity index (χ0) is 17.6. The number of nitrogens with zero attached hydrogens (tertiary/aromatic N) is 2. The summed E-state index contributed by atoms with van der Waals surface area (Å²) in [6, 6.07) is 16.5. The minimum Gasteiger partial charge on any atom is -0.481 e. The highest BCUT2D eigenvalue weighted by molar-refractivity contribution is 5.80. The van der Waals surface area contributed by atoms with Crippen molar-refractivity contribution in [1.29, 1.82) is 5.26 Å². The van der Waals surface area contributed by atoms with Gasteiger partial charge in [0, 0.05) is 13.0 Å². The predicted octanol–water partition coefficient (Wildman–Crippen LogP) is 2.56. The second kappa shape index (κ2) is 7.49. The molecule has 25 heavy (non-hydrogen) atoms. The molecule has 0 radical (unpaired) electrons. The maximum Gasteiger partial charge on any atom is 0.260 e. The Kier molecular flexibility index (Phi) is 4.95. The van der Waals surface area contributed by atoms with E-state index in [0.29, 0.717) is 24.3 Å². The average Bonchev–Trinajstić information content (AvgIpc) is 3.05. The third kappa shape index (κ3) is 4.15. The summed E-state index contributed by atoms with van der Waals surface area (Å²) in [5.41, 5.74) is 2.46. The van der Waals surface area contributed by atoms with Crippen molar-refractivity contribution in [3.63, 3.8) is 0 Å². The van der Waals surface area contributed by atoms with Crippen LogP contribution in [0.3, 0.4) is 0 Å². The Labute approximate surface area is 145 Å². The molecule has 0 aliphatic rings. The van der Waals surface area contributed by atoms with Crippen LogP contribution >= 0.6 is 0 Å². The number of hydrogen-bond acceptors (Lipinski definition) is 4. The van der Waals surface area contributed by atoms with Gasteiger partial charge in [0.25, 0.3) is 5.91 Å². The molecule has 126 valence electrons. The summed E-state index contributed by atoms with van der Waals surface area (Å²) >= 11 is 0. The summed E-state index contributed by atoms with van der Waals surface area (Å²) in [4.78, 5) is 19.8. The summed E-state index contributed by atoms with van der Waals surface area (Å²) < 4.78 is 5.58. The molecule has 0 saturated heterocycles. The van der Waals surface area contributed by atoms with E-state index in [1.165, 1.54) is 0 Å². The zero-order valence-corrected chi connectivity index (χ0v) is 13.8. The summed E-state index contributed by atoms with van der Waals surface area (Å²) in [6.07, 6.45) is -0.00657. The second-order valence-electron chi connectivity index (χ2n) is 5.64. The Hall–Kier alpha value is -3.33. The molecule has 0 aliphatic heterocycles. The molecule has 1 unspecified atom stereocenters. The number of ether oxygens (including phenoxy) is 1. The minimum absolute atomic E-state index is 0.194. The molecule has 6 heteroatoms. The monoisotopic (exact) mass is 334 g/mol. The lowest BCUT2D eigenvalue weighted by Gasteiger charge is -2.14. The Bertz CT molecular complexity index is 876. The van der Waals surface area contributed by atoms with E-state index in [0.717, 1.165) is 16.9 Å². The molecule has 6 nitrogen and oxygen atoms in total. The van der Waals surface area contributed by atoms with E-state index in [1.807, 2.05) is 30.3 Å². The number of H-pyrrole nitrogens is 1. The van der Waals surface area contributed by atoms with Gasteiger partial charge >= 0.3 is 0 Å². The van der Waals surface area contributed by atoms with Crippen LogP contribution in [0.5, 0.6) is 5.75 Å². The number of rotatable bonds is 6. The topological polar surface area (TPSA) is 90.8 Å². The van der Waals surface area contributed by atoms with Gasteiger partial charge in [-0.2, -0.15) is 5.26 Å². The van der Waals surface area contributed by atoms with Crippen molar-refractivity contribution in [3.05, 3.63) is 59.9 Å². The number of aromatic amines is 1. The van der Waals surface area contributed by atoms with Crippen molar-refractivity contribution in [3.8, 4) is 11.8 Å². The molecule has 3 aromatic rings. The van der Waals surface area contributed by atoms with Crippen LogP contribution in [0.2, 0.25) is 0 Å². The van der Waals surface area contributed by atoms with Crippen LogP contribution in [0.25, 0.3) is 11.0 Å². The zero-order valence-electron chi connectivity index (χ0n) is 13.8. The van der Waals surface area contributed by atoms with Gasteiger partial charge in [-0.05, 0) is 43.3 Å². The Morgan fingerprint density at radius 2 is 2.04 bits per heavy atom. The van der Waals surface area contributed by atoms with Crippen LogP contribution in [-0.2, 0) is 11.2 Å². The number of nitriles is 1. The van der Waals surface area contributed by atoms with Crippen molar-refractivity contribution in [2.45, 2.75) is 19.4 Å². The third-order valence-corrected chi connectivity index (χ3v) is 3.76. The highest BCUT2D eigenvalue weighted by Crippen LogP contribution is 2.13. The fourth-order valence-corrected chi connectivity index (χ4v) is 2.44. The molecule has 1 atom stereocenters. The van der Waals surface area contributed by atoms with E-state index in [1.54, 1.807) is 31.2 Å². The van der Waals surface area contributed by atoms with E-state index >= 15 is 0 Å². The lowest BCUT2D eigenvalue weighted by Crippen LogP contribution is -2.37. The average molecular weight is 334 g/mol. The number of carbonyl (C=O) groups is 1. The smallest absolute Gasteiger partial charge is 0.260 e. The van der Waals surface area contributed by atoms with Gasteiger partial charge in [0.2, 0.25) is 0 Å². The highest BCUT2D eigenvalue weighted by Gasteiger charge is 2.14. The molecule has 0 fully saturated rings. The lowest BCUT2D eigenvalue weighted by molar-refractivity contribution is -0.127. The van der Waals surface area contributed by atoms with Gasteiger partial charge in [-0.3, -0.25) is 4.79 Å². The standard InChI is InChI=1S/C19H18N4O2/c1-13(25-15-8-6-14(12-20)7-9-15)19(24)21-11-10-18-22-16-4-2-3-5-17(16)23-18/h2-9,13H,10-11H2,1H3,(H,21,24)(H,22,23). The Morgan fingerprint density at radius 1 is 1.28 bits per heavy atom. The molecule has 0 aliphatic carbocycles. The predicted molar refractivity (Wildman–Crippen MR) is 94.1 cm³/mol. The van der Waals surface area contributed by atoms with Gasteiger partial charge in [-0.25, -0.2) is 4.98 Å². The molecule has 0 bridgehead atoms. The SMILES string of the molecule is CC(Oc1ccc(C#N)cc1)C(=O)NCCc1nc2ccccc2[nH]1. The van der Waals surface area contributed by atoms with Crippen LogP contribution in [0.15, 0.2) is 48.5 Å². The maximum atomic E-state index is 12.1. The minimum atomic E-state index is -0.622. The van der Waals surface area contributed by atoms with Gasteiger partial charge < -0.3 is 15.0 Å². The second-order valence-corrected chi connectivity index (χ2v) is 5.64. The third-order valence-electron chi connectivity index (χ3n) is 3.76. The van der Waals surface area contributed by atoms with E-state index in [9.17, 15) is 4.79 Å². The molecular weight excluding hydrogens is 316 g/mol. The van der Waals surface area contributed by atoms with Crippen molar-refractivity contribution in [2.24, 2.45) is 0 Å². The largest absolute Gasteiger partial charge is 0.481 e. The number of imidazole rings is 1. The molecule has 2 aromatic carbocycles. The van der Waals surface area contributed by atoms with Crippen molar-refractivity contribution in [1.82, 2.24) is 15.3 Å². The number of hydrogen-bond donors (Lipinski definition) is 2. The van der Waals surface area contributed by atoms with Crippen LogP contribution in [0.1, 0.15) is 18.3 Å². The Morgan fingerprint density at radius 3 is 2.76 bits per heavy atom. The van der Waals surface area contributed by atoms with Crippen LogP contribution in [0, 0.1) is 11.3 Å². The lowest BCUT2D eigenvalue weighted by atomic mass is 10.2. The van der Waals surface area contributed by atoms with Gasteiger partial charge in [0.1, 0.15) is 11.6 Å². The van der Waals surface area contributed by atoms with E-state index in [-0.39, 0.29) is 5.91 Å². The first kappa shape index (κ1) is 16.5. The number of aromatic nitrogens is 2. The number of fused-ring (bicyclic) bond motifs is 1. The molecule has 1 amide bonds. The quantitative estimate of drug-likeness (QED) is 0.725. The summed E-state index contributed by atoms with van der Waals surface area (Å²) in [5.74, 6) is 1.20. The summed E-state index contributed by atoms with van der Waals surface area (Å²) in [5, 5.41) is 11.6. The fourth-order valence-electron chi connectivity index (χ4n) is 2.44. The molecular formula is C19H18N4O2. The number of carbonyl (C=O) groups excluding carboxylic acids is 1. The van der Waals surface area contributed by atoms with Crippen molar-refractivity contribution in [2.75, 3.05) is 6.54 Å². The first-order valence-electron chi connectivity index (χ1n) is 8.04. The molecule has 1 aromatic heterocycles. The van der Waals surface area contributed by atoms with Gasteiger partial charge in [-0.15, -0.1) is 0 Å². The number of nitrogens with one attached hydrogen (secondary N) is 2. The number of benzene rings is 2. The van der Waals surface area contributed by atoms with Crippen molar-refractivity contribution >= 4 is 16.9 Å². The molecule has 2 N–H and O–H groups in total. The molecule has 0 saturated carbocycles. The normalized spacial score (nSPS) is 11.7. The maximum absolute atomic E-state index is 12.1. The molecule has 3 rings (SSSR count). The number of amides is 1. The summed E-state index contributed by atoms with van der Waals surface area (Å²) in [6.45, 7) is 2.16. The van der Waals surface area contributed by atoms with Gasteiger partial charge in [0.15, 0.2) is 6.10 Å². The van der Waals surface area contributed by atoms with E-state index in [2.05, 4.69) is 15.3 Å². The van der Waals surface area contributed by atoms with Crippen molar-refractivity contribution < 1.29 is 9.53 Å². The van der Waals surface area contributed by atoms with Crippen LogP contribution in [0.4, 0.5) is 0 Å². The van der Waals surface area contributed by atoms with Crippen LogP contribution in [-0.4, -0.2) is 28.5 Å². The van der Waals surface area contributed by atoms with E-state index in [4.69, 9.17) is 10.00 Å². The Balaban J connectivity index is 1.48. The first-order chi connectivity index (χ1) is 12.2. The molecule has 0 spiro atoms. The van der Waals surface area contributed by atoms with Gasteiger partial charge in [-0.1, -0.05) is 12.1 Å². The fraction of sp³-hybridized carbons (Fsp3) is 0.211. The van der Waals surface area contributed by atoms with Gasteiger partial charge in [0.05, 0.1) is 22.7 Å². The van der Waals surface area contributed by atoms with E-state index < -0.39 is 6.10 Å². The number of para-hydroxylation sites is 2. The molecule has 1 heterocycles. The highest BCUT2D eigenvalue weighted by atomic mass is 16.5. The van der Waals surface area contributed by atoms with Crippen LogP contribution < -0.4 is 10.1 Å². The summed E-state index contributed by atoms with van der Waals surface area (Å²) in [7, 11) is 0. The first-order valence-corrected chi connectivity index (χ1v) is 8.04.